The van der Waals surface area contributed by atoms with E-state index < -0.39 is 0 Å². The van der Waals surface area contributed by atoms with Gasteiger partial charge in [-0.2, -0.15) is 5.10 Å². The number of rotatable bonds is 6. The summed E-state index contributed by atoms with van der Waals surface area (Å²) in [6.07, 6.45) is 0.533. The van der Waals surface area contributed by atoms with Crippen LogP contribution in [-0.2, 0) is 13.0 Å². The fourth-order valence-electron chi connectivity index (χ4n) is 2.59. The van der Waals surface area contributed by atoms with Crippen LogP contribution in [0.5, 0.6) is 0 Å². The number of hydrogen-bond donors (Lipinski definition) is 1. The maximum absolute atomic E-state index is 11.3. The van der Waals surface area contributed by atoms with Gasteiger partial charge in [-0.3, -0.25) is 14.8 Å². The van der Waals surface area contributed by atoms with E-state index in [9.17, 15) is 10.1 Å². The maximum Gasteiger partial charge on any atom is 0.313 e. The fourth-order valence-corrected chi connectivity index (χ4v) is 2.59. The van der Waals surface area contributed by atoms with Gasteiger partial charge < -0.3 is 5.32 Å². The molecular weight excluding hydrogens is 268 g/mol. The Balaban J connectivity index is 2.39. The van der Waals surface area contributed by atoms with E-state index in [4.69, 9.17) is 0 Å². The smallest absolute Gasteiger partial charge is 0.313 e. The molecule has 0 amide bonds. The highest BCUT2D eigenvalue weighted by Gasteiger charge is 2.26. The third-order valence-electron chi connectivity index (χ3n) is 3.63. The Kier molecular flexibility index (Phi) is 4.70. The van der Waals surface area contributed by atoms with Gasteiger partial charge in [0.25, 0.3) is 0 Å². The van der Waals surface area contributed by atoms with Crippen LogP contribution in [-0.4, -0.2) is 21.8 Å². The summed E-state index contributed by atoms with van der Waals surface area (Å²) in [6, 6.07) is 9.96. The lowest BCUT2D eigenvalue weighted by Gasteiger charge is -2.16. The van der Waals surface area contributed by atoms with Crippen LogP contribution in [0.2, 0.25) is 0 Å². The summed E-state index contributed by atoms with van der Waals surface area (Å²) in [7, 11) is 1.86. The van der Waals surface area contributed by atoms with Gasteiger partial charge in [-0.25, -0.2) is 0 Å². The number of likely N-dealkylation sites (N-methyl/N-ethyl adjacent to an activating group) is 1. The molecule has 6 heteroatoms. The molecule has 0 aliphatic heterocycles. The molecule has 0 fully saturated rings. The molecule has 6 nitrogen and oxygen atoms in total. The van der Waals surface area contributed by atoms with E-state index in [1.54, 1.807) is 11.6 Å². The molecule has 0 aliphatic rings. The number of aromatic nitrogens is 2. The van der Waals surface area contributed by atoms with Crippen LogP contribution < -0.4 is 5.32 Å². The van der Waals surface area contributed by atoms with E-state index in [0.717, 1.165) is 5.56 Å². The molecule has 21 heavy (non-hydrogen) atoms. The van der Waals surface area contributed by atoms with Gasteiger partial charge >= 0.3 is 5.69 Å². The molecule has 0 bridgehead atoms. The molecule has 0 radical (unpaired) electrons. The van der Waals surface area contributed by atoms with Crippen molar-refractivity contribution in [3.05, 3.63) is 57.4 Å². The molecule has 0 aliphatic carbocycles. The zero-order valence-corrected chi connectivity index (χ0v) is 12.5. The van der Waals surface area contributed by atoms with Crippen LogP contribution in [0.3, 0.4) is 0 Å². The third kappa shape index (κ3) is 3.11. The molecule has 2 rings (SSSR count). The van der Waals surface area contributed by atoms with Crippen LogP contribution >= 0.6 is 0 Å². The van der Waals surface area contributed by atoms with Crippen molar-refractivity contribution in [3.63, 3.8) is 0 Å². The summed E-state index contributed by atoms with van der Waals surface area (Å²) >= 11 is 0. The maximum atomic E-state index is 11.3. The number of nitrogens with zero attached hydrogens (tertiary/aromatic N) is 3. The van der Waals surface area contributed by atoms with E-state index >= 15 is 0 Å². The Labute approximate surface area is 123 Å². The topological polar surface area (TPSA) is 73.0 Å². The Morgan fingerprint density at radius 2 is 2.05 bits per heavy atom. The molecule has 1 unspecified atom stereocenters. The van der Waals surface area contributed by atoms with E-state index in [1.807, 2.05) is 44.3 Å². The zero-order valence-electron chi connectivity index (χ0n) is 12.5. The fraction of sp³-hybridized carbons (Fsp3) is 0.400. The Morgan fingerprint density at radius 3 is 2.57 bits per heavy atom. The van der Waals surface area contributed by atoms with E-state index in [0.29, 0.717) is 24.4 Å². The van der Waals surface area contributed by atoms with Crippen LogP contribution in [0.15, 0.2) is 30.3 Å². The second-order valence-electron chi connectivity index (χ2n) is 4.91. The zero-order chi connectivity index (χ0) is 15.4. The Morgan fingerprint density at radius 1 is 1.38 bits per heavy atom. The highest BCUT2D eigenvalue weighted by Crippen LogP contribution is 2.28. The SMILES string of the molecule is CCn1nc(C)c([N+](=O)[O-])c1CC(NC)c1ccccc1. The number of nitrogens with one attached hydrogen (secondary N) is 1. The predicted octanol–water partition coefficient (Wildman–Crippen LogP) is 2.62. The van der Waals surface area contributed by atoms with E-state index in [-0.39, 0.29) is 16.7 Å². The largest absolute Gasteiger partial charge is 0.313 e. The van der Waals surface area contributed by atoms with Crippen molar-refractivity contribution in [1.82, 2.24) is 15.1 Å². The first-order chi connectivity index (χ1) is 10.1. The summed E-state index contributed by atoms with van der Waals surface area (Å²) in [5, 5.41) is 18.8. The molecule has 0 saturated carbocycles. The van der Waals surface area contributed by atoms with E-state index in [2.05, 4.69) is 10.4 Å². The molecule has 2 aromatic rings. The molecule has 0 spiro atoms. The molecule has 1 N–H and O–H groups in total. The standard InChI is InChI=1S/C15H20N4O2/c1-4-18-14(15(19(20)21)11(2)17-18)10-13(16-3)12-8-6-5-7-9-12/h5-9,13,16H,4,10H2,1-3H3. The summed E-state index contributed by atoms with van der Waals surface area (Å²) in [6.45, 7) is 4.25. The molecule has 0 saturated heterocycles. The second-order valence-corrected chi connectivity index (χ2v) is 4.91. The molecule has 1 aromatic heterocycles. The van der Waals surface area contributed by atoms with Crippen molar-refractivity contribution >= 4 is 5.69 Å². The van der Waals surface area contributed by atoms with Crippen molar-refractivity contribution in [2.45, 2.75) is 32.9 Å². The van der Waals surface area contributed by atoms with Gasteiger partial charge in [0.1, 0.15) is 11.4 Å². The Hall–Kier alpha value is -2.21. The van der Waals surface area contributed by atoms with Gasteiger partial charge in [0.05, 0.1) is 4.92 Å². The number of nitro groups is 1. The average Bonchev–Trinajstić information content (AvgIpc) is 2.81. The molecule has 1 aromatic carbocycles. The minimum absolute atomic E-state index is 0.0197. The van der Waals surface area contributed by atoms with Gasteiger partial charge in [0.15, 0.2) is 0 Å². The Bertz CT molecular complexity index is 622. The molecular formula is C15H20N4O2. The first-order valence-corrected chi connectivity index (χ1v) is 7.01. The van der Waals surface area contributed by atoms with Crippen LogP contribution in [0.25, 0.3) is 0 Å². The number of hydrogen-bond acceptors (Lipinski definition) is 4. The van der Waals surface area contributed by atoms with Gasteiger partial charge in [0.2, 0.25) is 0 Å². The highest BCUT2D eigenvalue weighted by atomic mass is 16.6. The molecule has 1 heterocycles. The van der Waals surface area contributed by atoms with Crippen LogP contribution in [0.1, 0.15) is 29.9 Å². The van der Waals surface area contributed by atoms with Gasteiger partial charge in [-0.05, 0) is 26.5 Å². The van der Waals surface area contributed by atoms with Crippen molar-refractivity contribution in [2.75, 3.05) is 7.05 Å². The summed E-state index contributed by atoms with van der Waals surface area (Å²) in [4.78, 5) is 11.0. The second kappa shape index (κ2) is 6.49. The lowest BCUT2D eigenvalue weighted by Crippen LogP contribution is -2.21. The normalized spacial score (nSPS) is 12.3. The number of benzene rings is 1. The van der Waals surface area contributed by atoms with Gasteiger partial charge in [-0.15, -0.1) is 0 Å². The molecule has 1 atom stereocenters. The van der Waals surface area contributed by atoms with Crippen LogP contribution in [0.4, 0.5) is 5.69 Å². The lowest BCUT2D eigenvalue weighted by atomic mass is 10.0. The van der Waals surface area contributed by atoms with Gasteiger partial charge in [0, 0.05) is 19.0 Å². The lowest BCUT2D eigenvalue weighted by molar-refractivity contribution is -0.386. The molecule has 112 valence electrons. The number of aryl methyl sites for hydroxylation is 2. The van der Waals surface area contributed by atoms with E-state index in [1.165, 1.54) is 0 Å². The minimum Gasteiger partial charge on any atom is -0.313 e. The summed E-state index contributed by atoms with van der Waals surface area (Å²) in [5.41, 5.74) is 2.38. The predicted molar refractivity (Wildman–Crippen MR) is 81.2 cm³/mol. The first-order valence-electron chi connectivity index (χ1n) is 7.01. The first kappa shape index (κ1) is 15.2. The van der Waals surface area contributed by atoms with Gasteiger partial charge in [-0.1, -0.05) is 30.3 Å². The summed E-state index contributed by atoms with van der Waals surface area (Å²) < 4.78 is 1.72. The van der Waals surface area contributed by atoms with Crippen LogP contribution in [0, 0.1) is 17.0 Å². The summed E-state index contributed by atoms with van der Waals surface area (Å²) in [5.74, 6) is 0. The monoisotopic (exact) mass is 288 g/mol. The van der Waals surface area contributed by atoms with Crippen molar-refractivity contribution in [2.24, 2.45) is 0 Å². The quantitative estimate of drug-likeness (QED) is 0.655. The minimum atomic E-state index is -0.332. The third-order valence-corrected chi connectivity index (χ3v) is 3.63. The highest BCUT2D eigenvalue weighted by molar-refractivity contribution is 5.41. The van der Waals surface area contributed by atoms with Crippen molar-refractivity contribution < 1.29 is 4.92 Å². The van der Waals surface area contributed by atoms with Crippen molar-refractivity contribution in [1.29, 1.82) is 0 Å². The van der Waals surface area contributed by atoms with Crippen molar-refractivity contribution in [3.8, 4) is 0 Å². The average molecular weight is 288 g/mol.